The number of halogens is 2. The maximum absolute atomic E-state index is 12.0. The van der Waals surface area contributed by atoms with Crippen molar-refractivity contribution in [2.45, 2.75) is 19.6 Å². The van der Waals surface area contributed by atoms with Crippen LogP contribution in [-0.2, 0) is 4.79 Å². The van der Waals surface area contributed by atoms with E-state index in [2.05, 4.69) is 10.1 Å². The van der Waals surface area contributed by atoms with E-state index < -0.39 is 6.61 Å². The van der Waals surface area contributed by atoms with Crippen LogP contribution in [0.1, 0.15) is 18.7 Å². The van der Waals surface area contributed by atoms with Crippen molar-refractivity contribution in [3.8, 4) is 5.75 Å². The minimum absolute atomic E-state index is 0.0302. The van der Waals surface area contributed by atoms with E-state index in [-0.39, 0.29) is 24.2 Å². The molecular weight excluding hydrogens is 294 g/mol. The van der Waals surface area contributed by atoms with Gasteiger partial charge >= 0.3 is 6.61 Å². The zero-order valence-electron chi connectivity index (χ0n) is 12.0. The molecule has 0 saturated heterocycles. The number of carbonyl (C=O) groups excluding carboxylic acids is 1. The normalized spacial score (nSPS) is 12.2. The Hall–Kier alpha value is -2.41. The maximum atomic E-state index is 12.0. The molecule has 1 aromatic heterocycles. The average Bonchev–Trinajstić information content (AvgIpc) is 3.00. The molecule has 0 saturated carbocycles. The number of amides is 1. The minimum atomic E-state index is -2.86. The van der Waals surface area contributed by atoms with Crippen molar-refractivity contribution < 1.29 is 28.0 Å². The van der Waals surface area contributed by atoms with E-state index in [0.29, 0.717) is 5.69 Å². The Bertz CT molecular complexity index is 585. The van der Waals surface area contributed by atoms with Crippen LogP contribution in [0.2, 0.25) is 0 Å². The Kier molecular flexibility index (Phi) is 5.48. The molecule has 1 atom stereocenters. The van der Waals surface area contributed by atoms with Crippen LogP contribution < -0.4 is 15.4 Å². The van der Waals surface area contributed by atoms with E-state index in [1.165, 1.54) is 24.3 Å². The summed E-state index contributed by atoms with van der Waals surface area (Å²) in [6, 6.07) is 9.43. The van der Waals surface area contributed by atoms with E-state index in [9.17, 15) is 13.6 Å². The van der Waals surface area contributed by atoms with Crippen LogP contribution in [0.3, 0.4) is 0 Å². The number of nitrogens with one attached hydrogen (secondary N) is 1. The van der Waals surface area contributed by atoms with E-state index >= 15 is 0 Å². The molecule has 22 heavy (non-hydrogen) atoms. The van der Waals surface area contributed by atoms with Gasteiger partial charge in [-0.1, -0.05) is 0 Å². The number of furan rings is 1. The molecule has 0 aliphatic rings. The van der Waals surface area contributed by atoms with Crippen molar-refractivity contribution in [3.63, 3.8) is 0 Å². The second kappa shape index (κ2) is 7.56. The average molecular weight is 311 g/mol. The Morgan fingerprint density at radius 3 is 2.64 bits per heavy atom. The predicted molar refractivity (Wildman–Crippen MR) is 75.6 cm³/mol. The van der Waals surface area contributed by atoms with Gasteiger partial charge in [0, 0.05) is 5.69 Å². The molecule has 1 aromatic carbocycles. The number of hydrogen-bond acceptors (Lipinski definition) is 3. The second-order valence-electron chi connectivity index (χ2n) is 4.69. The van der Waals surface area contributed by atoms with E-state index in [1.807, 2.05) is 18.3 Å². The SMILES string of the molecule is C[C@@H]([NH2+]CC(=O)Nc1ccc(OC(F)F)cc1)c1ccco1. The van der Waals surface area contributed by atoms with Gasteiger partial charge in [0.05, 0.1) is 6.26 Å². The predicted octanol–water partition coefficient (Wildman–Crippen LogP) is 2.14. The van der Waals surface area contributed by atoms with Crippen LogP contribution in [0.25, 0.3) is 0 Å². The van der Waals surface area contributed by atoms with Crippen molar-refractivity contribution in [1.29, 1.82) is 0 Å². The number of ether oxygens (including phenoxy) is 1. The lowest BCUT2D eigenvalue weighted by atomic mass is 10.2. The highest BCUT2D eigenvalue weighted by Gasteiger charge is 2.13. The molecule has 0 spiro atoms. The van der Waals surface area contributed by atoms with Gasteiger partial charge < -0.3 is 19.8 Å². The number of nitrogens with two attached hydrogens (primary N) is 1. The van der Waals surface area contributed by atoms with E-state index in [4.69, 9.17) is 4.42 Å². The van der Waals surface area contributed by atoms with Crippen LogP contribution in [-0.4, -0.2) is 19.1 Å². The monoisotopic (exact) mass is 311 g/mol. The van der Waals surface area contributed by atoms with Gasteiger partial charge in [0.1, 0.15) is 11.8 Å². The molecular formula is C15H17F2N2O3+. The summed E-state index contributed by atoms with van der Waals surface area (Å²) in [7, 11) is 0. The third-order valence-electron chi connectivity index (χ3n) is 3.01. The van der Waals surface area contributed by atoms with Crippen molar-refractivity contribution in [3.05, 3.63) is 48.4 Å². The van der Waals surface area contributed by atoms with Gasteiger partial charge in [-0.05, 0) is 43.3 Å². The third kappa shape index (κ3) is 4.85. The van der Waals surface area contributed by atoms with Gasteiger partial charge in [-0.25, -0.2) is 0 Å². The lowest BCUT2D eigenvalue weighted by molar-refractivity contribution is -0.684. The molecule has 1 heterocycles. The quantitative estimate of drug-likeness (QED) is 0.823. The number of carbonyl (C=O) groups is 1. The molecule has 118 valence electrons. The zero-order chi connectivity index (χ0) is 15.9. The second-order valence-corrected chi connectivity index (χ2v) is 4.69. The van der Waals surface area contributed by atoms with Crippen LogP contribution >= 0.6 is 0 Å². The summed E-state index contributed by atoms with van der Waals surface area (Å²) in [5, 5.41) is 4.52. The number of alkyl halides is 2. The molecule has 3 N–H and O–H groups in total. The van der Waals surface area contributed by atoms with E-state index in [1.54, 1.807) is 12.3 Å². The molecule has 0 radical (unpaired) electrons. The number of rotatable bonds is 7. The van der Waals surface area contributed by atoms with Gasteiger partial charge in [-0.3, -0.25) is 4.79 Å². The first kappa shape index (κ1) is 16.0. The summed E-state index contributed by atoms with van der Waals surface area (Å²) in [6.07, 6.45) is 1.59. The first-order valence-electron chi connectivity index (χ1n) is 6.76. The first-order valence-corrected chi connectivity index (χ1v) is 6.76. The lowest BCUT2D eigenvalue weighted by Crippen LogP contribution is -2.86. The lowest BCUT2D eigenvalue weighted by Gasteiger charge is -2.09. The van der Waals surface area contributed by atoms with Crippen LogP contribution in [0.5, 0.6) is 5.75 Å². The summed E-state index contributed by atoms with van der Waals surface area (Å²) in [4.78, 5) is 11.8. The fourth-order valence-electron chi connectivity index (χ4n) is 1.88. The fourth-order valence-corrected chi connectivity index (χ4v) is 1.88. The molecule has 0 unspecified atom stereocenters. The Balaban J connectivity index is 1.79. The molecule has 0 fully saturated rings. The van der Waals surface area contributed by atoms with Gasteiger partial charge in [-0.15, -0.1) is 0 Å². The molecule has 2 rings (SSSR count). The highest BCUT2D eigenvalue weighted by atomic mass is 19.3. The molecule has 0 aliphatic heterocycles. The van der Waals surface area contributed by atoms with Crippen LogP contribution in [0.15, 0.2) is 47.1 Å². The number of anilines is 1. The zero-order valence-corrected chi connectivity index (χ0v) is 12.0. The van der Waals surface area contributed by atoms with Crippen molar-refractivity contribution in [2.24, 2.45) is 0 Å². The minimum Gasteiger partial charge on any atom is -0.463 e. The Labute approximate surface area is 126 Å². The van der Waals surface area contributed by atoms with Crippen LogP contribution in [0.4, 0.5) is 14.5 Å². The van der Waals surface area contributed by atoms with Crippen molar-refractivity contribution in [2.75, 3.05) is 11.9 Å². The maximum Gasteiger partial charge on any atom is 0.387 e. The van der Waals surface area contributed by atoms with Crippen LogP contribution in [0, 0.1) is 0 Å². The fraction of sp³-hybridized carbons (Fsp3) is 0.267. The summed E-state index contributed by atoms with van der Waals surface area (Å²) in [5.74, 6) is 0.647. The summed E-state index contributed by atoms with van der Waals surface area (Å²) < 4.78 is 33.5. The Morgan fingerprint density at radius 1 is 1.32 bits per heavy atom. The summed E-state index contributed by atoms with van der Waals surface area (Å²) >= 11 is 0. The van der Waals surface area contributed by atoms with Gasteiger partial charge in [0.25, 0.3) is 5.91 Å². The van der Waals surface area contributed by atoms with E-state index in [0.717, 1.165) is 5.76 Å². The number of quaternary nitrogens is 1. The van der Waals surface area contributed by atoms with Gasteiger partial charge in [0.15, 0.2) is 12.3 Å². The highest BCUT2D eigenvalue weighted by Crippen LogP contribution is 2.17. The molecule has 2 aromatic rings. The van der Waals surface area contributed by atoms with Crippen molar-refractivity contribution in [1.82, 2.24) is 0 Å². The third-order valence-corrected chi connectivity index (χ3v) is 3.01. The number of benzene rings is 1. The highest BCUT2D eigenvalue weighted by molar-refractivity contribution is 5.91. The standard InChI is InChI=1S/C15H16F2N2O3/c1-10(13-3-2-8-21-13)18-9-14(20)19-11-4-6-12(7-5-11)22-15(16)17/h2-8,10,15,18H,9H2,1H3,(H,19,20)/p+1/t10-/m1/s1. The molecule has 5 nitrogen and oxygen atoms in total. The molecule has 7 heteroatoms. The first-order chi connectivity index (χ1) is 10.5. The number of hydrogen-bond donors (Lipinski definition) is 2. The Morgan fingerprint density at radius 2 is 2.05 bits per heavy atom. The summed E-state index contributed by atoms with van der Waals surface area (Å²) in [5.41, 5.74) is 0.519. The topological polar surface area (TPSA) is 68.1 Å². The summed E-state index contributed by atoms with van der Waals surface area (Å²) in [6.45, 7) is -0.710. The van der Waals surface area contributed by atoms with Crippen molar-refractivity contribution >= 4 is 11.6 Å². The largest absolute Gasteiger partial charge is 0.463 e. The molecule has 0 bridgehead atoms. The smallest absolute Gasteiger partial charge is 0.387 e. The van der Waals surface area contributed by atoms with Gasteiger partial charge in [0.2, 0.25) is 0 Å². The molecule has 1 amide bonds. The molecule has 0 aliphatic carbocycles. The van der Waals surface area contributed by atoms with Gasteiger partial charge in [-0.2, -0.15) is 8.78 Å².